The molecule has 0 heterocycles. The van der Waals surface area contributed by atoms with Crippen molar-refractivity contribution in [2.45, 2.75) is 44.9 Å². The molecular formula is C10H19Cl. The minimum atomic E-state index is 0.361. The number of alkyl halides is 1. The molecule has 0 saturated heterocycles. The third-order valence-electron chi connectivity index (χ3n) is 1.86. The van der Waals surface area contributed by atoms with Crippen LogP contribution in [0.5, 0.6) is 0 Å². The third-order valence-corrected chi connectivity index (χ3v) is 2.58. The highest BCUT2D eigenvalue weighted by molar-refractivity contribution is 6.20. The van der Waals surface area contributed by atoms with Crippen molar-refractivity contribution >= 4 is 11.6 Å². The van der Waals surface area contributed by atoms with E-state index < -0.39 is 0 Å². The Balaban J connectivity index is 3.17. The fourth-order valence-corrected chi connectivity index (χ4v) is 1.12. The maximum atomic E-state index is 6.07. The lowest BCUT2D eigenvalue weighted by atomic mass is 10.0. The molecule has 0 aromatic heterocycles. The SMILES string of the molecule is C=CCCCCC(Cl)C(C)C. The van der Waals surface area contributed by atoms with Crippen LogP contribution in [0.2, 0.25) is 0 Å². The predicted molar refractivity (Wildman–Crippen MR) is 53.1 cm³/mol. The Bertz CT molecular complexity index is 97.0. The van der Waals surface area contributed by atoms with Gasteiger partial charge in [-0.1, -0.05) is 26.3 Å². The van der Waals surface area contributed by atoms with Gasteiger partial charge in [-0.25, -0.2) is 0 Å². The second-order valence-corrected chi connectivity index (χ2v) is 3.89. The molecule has 1 atom stereocenters. The van der Waals surface area contributed by atoms with E-state index in [4.69, 9.17) is 11.6 Å². The first-order chi connectivity index (χ1) is 5.18. The number of hydrogen-bond donors (Lipinski definition) is 0. The van der Waals surface area contributed by atoms with Gasteiger partial charge in [-0.3, -0.25) is 0 Å². The number of halogens is 1. The number of hydrogen-bond acceptors (Lipinski definition) is 0. The van der Waals surface area contributed by atoms with Gasteiger partial charge >= 0.3 is 0 Å². The second kappa shape index (κ2) is 6.72. The summed E-state index contributed by atoms with van der Waals surface area (Å²) >= 11 is 6.07. The van der Waals surface area contributed by atoms with Crippen molar-refractivity contribution in [2.24, 2.45) is 5.92 Å². The van der Waals surface area contributed by atoms with Crippen LogP contribution in [0.15, 0.2) is 12.7 Å². The number of unbranched alkanes of at least 4 members (excludes halogenated alkanes) is 2. The molecule has 0 aliphatic heterocycles. The van der Waals surface area contributed by atoms with E-state index in [2.05, 4.69) is 20.4 Å². The molecule has 0 rings (SSSR count). The Morgan fingerprint density at radius 3 is 2.45 bits per heavy atom. The van der Waals surface area contributed by atoms with Gasteiger partial charge in [-0.15, -0.1) is 18.2 Å². The van der Waals surface area contributed by atoms with Gasteiger partial charge in [0.2, 0.25) is 0 Å². The average Bonchev–Trinajstić information content (AvgIpc) is 1.97. The van der Waals surface area contributed by atoms with E-state index in [9.17, 15) is 0 Å². The molecular weight excluding hydrogens is 156 g/mol. The molecule has 0 aliphatic carbocycles. The molecule has 1 unspecified atom stereocenters. The van der Waals surface area contributed by atoms with Crippen molar-refractivity contribution in [3.63, 3.8) is 0 Å². The molecule has 0 radical (unpaired) electrons. The van der Waals surface area contributed by atoms with E-state index in [-0.39, 0.29) is 0 Å². The standard InChI is InChI=1S/C10H19Cl/c1-4-5-6-7-8-10(11)9(2)3/h4,9-10H,1,5-8H2,2-3H3. The predicted octanol–water partition coefficient (Wildman–Crippen LogP) is 4.00. The summed E-state index contributed by atoms with van der Waals surface area (Å²) in [7, 11) is 0. The fourth-order valence-electron chi connectivity index (χ4n) is 0.961. The van der Waals surface area contributed by atoms with Crippen LogP contribution in [-0.2, 0) is 0 Å². The third kappa shape index (κ3) is 6.43. The van der Waals surface area contributed by atoms with Crippen molar-refractivity contribution < 1.29 is 0 Å². The topological polar surface area (TPSA) is 0 Å². The molecule has 0 spiro atoms. The zero-order valence-corrected chi connectivity index (χ0v) is 8.40. The van der Waals surface area contributed by atoms with Gasteiger partial charge in [0.25, 0.3) is 0 Å². The Morgan fingerprint density at radius 2 is 2.00 bits per heavy atom. The number of rotatable bonds is 6. The van der Waals surface area contributed by atoms with Crippen LogP contribution in [0.4, 0.5) is 0 Å². The monoisotopic (exact) mass is 174 g/mol. The lowest BCUT2D eigenvalue weighted by Crippen LogP contribution is -2.06. The molecule has 0 aliphatic rings. The van der Waals surface area contributed by atoms with Gasteiger partial charge in [0.15, 0.2) is 0 Å². The first-order valence-electron chi connectivity index (χ1n) is 4.43. The Hall–Kier alpha value is 0.0300. The van der Waals surface area contributed by atoms with Gasteiger partial charge < -0.3 is 0 Å². The van der Waals surface area contributed by atoms with E-state index in [1.54, 1.807) is 0 Å². The summed E-state index contributed by atoms with van der Waals surface area (Å²) in [5.41, 5.74) is 0. The van der Waals surface area contributed by atoms with Crippen LogP contribution in [0.1, 0.15) is 39.5 Å². The minimum absolute atomic E-state index is 0.361. The molecule has 1 heteroatoms. The fraction of sp³-hybridized carbons (Fsp3) is 0.800. The van der Waals surface area contributed by atoms with E-state index in [1.807, 2.05) is 6.08 Å². The summed E-state index contributed by atoms with van der Waals surface area (Å²) in [5, 5.41) is 0.361. The first-order valence-corrected chi connectivity index (χ1v) is 4.87. The second-order valence-electron chi connectivity index (χ2n) is 3.33. The van der Waals surface area contributed by atoms with Crippen LogP contribution < -0.4 is 0 Å². The molecule has 0 amide bonds. The quantitative estimate of drug-likeness (QED) is 0.325. The lowest BCUT2D eigenvalue weighted by Gasteiger charge is -2.11. The van der Waals surface area contributed by atoms with Crippen LogP contribution in [0.3, 0.4) is 0 Å². The zero-order chi connectivity index (χ0) is 8.69. The summed E-state index contributed by atoms with van der Waals surface area (Å²) in [6, 6.07) is 0. The molecule has 0 aromatic carbocycles. The molecule has 0 aromatic rings. The Morgan fingerprint density at radius 1 is 1.36 bits per heavy atom. The lowest BCUT2D eigenvalue weighted by molar-refractivity contribution is 0.537. The summed E-state index contributed by atoms with van der Waals surface area (Å²) < 4.78 is 0. The van der Waals surface area contributed by atoms with Gasteiger partial charge in [0, 0.05) is 5.38 Å². The molecule has 11 heavy (non-hydrogen) atoms. The van der Waals surface area contributed by atoms with Gasteiger partial charge in [-0.2, -0.15) is 0 Å². The van der Waals surface area contributed by atoms with E-state index in [0.29, 0.717) is 11.3 Å². The van der Waals surface area contributed by atoms with Crippen molar-refractivity contribution in [1.29, 1.82) is 0 Å². The van der Waals surface area contributed by atoms with Crippen molar-refractivity contribution in [3.05, 3.63) is 12.7 Å². The molecule has 0 bridgehead atoms. The highest BCUT2D eigenvalue weighted by Gasteiger charge is 2.07. The van der Waals surface area contributed by atoms with E-state index >= 15 is 0 Å². The molecule has 0 fully saturated rings. The van der Waals surface area contributed by atoms with Crippen LogP contribution in [0.25, 0.3) is 0 Å². The summed E-state index contributed by atoms with van der Waals surface area (Å²) in [4.78, 5) is 0. The molecule has 0 saturated carbocycles. The first kappa shape index (κ1) is 11.0. The van der Waals surface area contributed by atoms with Gasteiger partial charge in [0.05, 0.1) is 0 Å². The van der Waals surface area contributed by atoms with Crippen LogP contribution >= 0.6 is 11.6 Å². The maximum absolute atomic E-state index is 6.07. The zero-order valence-electron chi connectivity index (χ0n) is 7.65. The smallest absolute Gasteiger partial charge is 0.0359 e. The van der Waals surface area contributed by atoms with Gasteiger partial charge in [-0.05, 0) is 25.2 Å². The van der Waals surface area contributed by atoms with E-state index in [0.717, 1.165) is 12.8 Å². The summed E-state index contributed by atoms with van der Waals surface area (Å²) in [6.07, 6.45) is 6.71. The Kier molecular flexibility index (Phi) is 6.74. The number of allylic oxidation sites excluding steroid dienone is 1. The molecule has 0 nitrogen and oxygen atoms in total. The highest BCUT2D eigenvalue weighted by atomic mass is 35.5. The van der Waals surface area contributed by atoms with Crippen LogP contribution in [-0.4, -0.2) is 5.38 Å². The Labute approximate surface area is 75.6 Å². The van der Waals surface area contributed by atoms with Crippen molar-refractivity contribution in [2.75, 3.05) is 0 Å². The molecule has 0 N–H and O–H groups in total. The summed E-state index contributed by atoms with van der Waals surface area (Å²) in [5.74, 6) is 0.611. The summed E-state index contributed by atoms with van der Waals surface area (Å²) in [6.45, 7) is 8.02. The van der Waals surface area contributed by atoms with Crippen molar-refractivity contribution in [1.82, 2.24) is 0 Å². The van der Waals surface area contributed by atoms with Crippen molar-refractivity contribution in [3.8, 4) is 0 Å². The average molecular weight is 175 g/mol. The van der Waals surface area contributed by atoms with Gasteiger partial charge in [0.1, 0.15) is 0 Å². The molecule has 66 valence electrons. The highest BCUT2D eigenvalue weighted by Crippen LogP contribution is 2.16. The van der Waals surface area contributed by atoms with Crippen LogP contribution in [0, 0.1) is 5.92 Å². The normalized spacial score (nSPS) is 13.5. The maximum Gasteiger partial charge on any atom is 0.0359 e. The van der Waals surface area contributed by atoms with E-state index in [1.165, 1.54) is 12.8 Å². The minimum Gasteiger partial charge on any atom is -0.123 e. The largest absolute Gasteiger partial charge is 0.123 e.